The van der Waals surface area contributed by atoms with Crippen molar-refractivity contribution in [1.82, 2.24) is 4.90 Å². The van der Waals surface area contributed by atoms with E-state index in [0.717, 1.165) is 18.9 Å². The maximum Gasteiger partial charge on any atom is 0.415 e. The second kappa shape index (κ2) is 3.01. The lowest BCUT2D eigenvalue weighted by Crippen LogP contribution is -2.39. The number of nitrogens with zero attached hydrogens (tertiary/aromatic N) is 1. The van der Waals surface area contributed by atoms with E-state index in [9.17, 15) is 14.7 Å². The van der Waals surface area contributed by atoms with Gasteiger partial charge in [0.15, 0.2) is 0 Å². The Morgan fingerprint density at radius 3 is 2.71 bits per heavy atom. The molecule has 1 aliphatic heterocycles. The van der Waals surface area contributed by atoms with E-state index in [1.807, 2.05) is 0 Å². The molecular weight excluding hydrogens is 186 g/mol. The lowest BCUT2D eigenvalue weighted by Gasteiger charge is -2.20. The molecule has 0 bridgehead atoms. The number of carboxylic acid groups (broad SMARTS) is 1. The molecule has 14 heavy (non-hydrogen) atoms. The first-order valence-electron chi connectivity index (χ1n) is 4.56. The zero-order chi connectivity index (χ0) is 10.3. The van der Waals surface area contributed by atoms with Gasteiger partial charge in [0.2, 0.25) is 0 Å². The molecule has 1 saturated carbocycles. The standard InChI is InChI=1S/C9H11NO4/c11-7-4-8(12)10(9(13)14)6(7)3-5-1-2-5/h4-6,11H,1-3H2,(H,13,14)/t6-/m1/s1. The fourth-order valence-electron chi connectivity index (χ4n) is 1.70. The van der Waals surface area contributed by atoms with Crippen LogP contribution in [0.15, 0.2) is 11.8 Å². The van der Waals surface area contributed by atoms with E-state index >= 15 is 0 Å². The number of imide groups is 1. The minimum Gasteiger partial charge on any atom is -0.510 e. The Balaban J connectivity index is 2.13. The number of aliphatic hydroxyl groups excluding tert-OH is 1. The molecule has 0 aromatic rings. The zero-order valence-electron chi connectivity index (χ0n) is 7.51. The summed E-state index contributed by atoms with van der Waals surface area (Å²) in [7, 11) is 0. The predicted molar refractivity (Wildman–Crippen MR) is 46.7 cm³/mol. The van der Waals surface area contributed by atoms with Gasteiger partial charge in [0, 0.05) is 6.08 Å². The number of aliphatic hydroxyl groups is 1. The van der Waals surface area contributed by atoms with E-state index in [4.69, 9.17) is 5.11 Å². The highest BCUT2D eigenvalue weighted by Crippen LogP contribution is 2.37. The van der Waals surface area contributed by atoms with Crippen LogP contribution < -0.4 is 0 Å². The molecule has 2 amide bonds. The summed E-state index contributed by atoms with van der Waals surface area (Å²) in [6, 6.07) is -0.646. The molecule has 1 heterocycles. The van der Waals surface area contributed by atoms with Gasteiger partial charge in [-0.2, -0.15) is 0 Å². The van der Waals surface area contributed by atoms with E-state index in [1.54, 1.807) is 0 Å². The third-order valence-electron chi connectivity index (χ3n) is 2.62. The molecular formula is C9H11NO4. The van der Waals surface area contributed by atoms with Crippen LogP contribution >= 0.6 is 0 Å². The number of carbonyl (C=O) groups is 2. The minimum absolute atomic E-state index is 0.121. The van der Waals surface area contributed by atoms with Crippen molar-refractivity contribution in [3.05, 3.63) is 11.8 Å². The second-order valence-electron chi connectivity index (χ2n) is 3.75. The lowest BCUT2D eigenvalue weighted by molar-refractivity contribution is -0.124. The van der Waals surface area contributed by atoms with Crippen molar-refractivity contribution >= 4 is 12.0 Å². The van der Waals surface area contributed by atoms with Gasteiger partial charge >= 0.3 is 6.09 Å². The van der Waals surface area contributed by atoms with E-state index in [1.165, 1.54) is 0 Å². The molecule has 5 nitrogen and oxygen atoms in total. The Morgan fingerprint density at radius 2 is 2.21 bits per heavy atom. The SMILES string of the molecule is O=C(O)N1C(=O)C=C(O)[C@H]1CC1CC1. The Labute approximate surface area is 80.6 Å². The normalized spacial score (nSPS) is 26.6. The molecule has 5 heteroatoms. The highest BCUT2D eigenvalue weighted by atomic mass is 16.4. The van der Waals surface area contributed by atoms with Crippen LogP contribution in [0.1, 0.15) is 19.3 Å². The molecule has 0 aromatic carbocycles. The van der Waals surface area contributed by atoms with Gasteiger partial charge in [-0.1, -0.05) is 12.8 Å². The summed E-state index contributed by atoms with van der Waals surface area (Å²) in [5.74, 6) is -0.298. The van der Waals surface area contributed by atoms with Crippen LogP contribution in [0, 0.1) is 5.92 Å². The topological polar surface area (TPSA) is 77.8 Å². The summed E-state index contributed by atoms with van der Waals surface area (Å²) < 4.78 is 0. The van der Waals surface area contributed by atoms with Crippen LogP contribution in [0.2, 0.25) is 0 Å². The van der Waals surface area contributed by atoms with Gasteiger partial charge < -0.3 is 10.2 Å². The van der Waals surface area contributed by atoms with Crippen LogP contribution in [-0.4, -0.2) is 33.2 Å². The summed E-state index contributed by atoms with van der Waals surface area (Å²) >= 11 is 0. The van der Waals surface area contributed by atoms with E-state index in [0.29, 0.717) is 17.2 Å². The minimum atomic E-state index is -1.29. The van der Waals surface area contributed by atoms with E-state index < -0.39 is 18.0 Å². The molecule has 0 aromatic heterocycles. The third kappa shape index (κ3) is 1.45. The first-order valence-corrected chi connectivity index (χ1v) is 4.56. The largest absolute Gasteiger partial charge is 0.510 e. The van der Waals surface area contributed by atoms with Gasteiger partial charge in [0.25, 0.3) is 5.91 Å². The average Bonchev–Trinajstić information content (AvgIpc) is 2.80. The Morgan fingerprint density at radius 1 is 1.57 bits per heavy atom. The van der Waals surface area contributed by atoms with Crippen molar-refractivity contribution in [2.24, 2.45) is 5.92 Å². The van der Waals surface area contributed by atoms with Crippen LogP contribution in [0.4, 0.5) is 4.79 Å². The maximum atomic E-state index is 11.1. The van der Waals surface area contributed by atoms with Gasteiger partial charge in [0.05, 0.1) is 0 Å². The highest BCUT2D eigenvalue weighted by Gasteiger charge is 2.40. The van der Waals surface area contributed by atoms with Crippen molar-refractivity contribution in [3.63, 3.8) is 0 Å². The van der Waals surface area contributed by atoms with Gasteiger partial charge in [0.1, 0.15) is 11.8 Å². The summed E-state index contributed by atoms with van der Waals surface area (Å²) in [6.07, 6.45) is 2.37. The Hall–Kier alpha value is -1.52. The zero-order valence-corrected chi connectivity index (χ0v) is 7.51. The number of rotatable bonds is 2. The summed E-state index contributed by atoms with van der Waals surface area (Å²) in [6.45, 7) is 0. The summed E-state index contributed by atoms with van der Waals surface area (Å²) in [4.78, 5) is 22.6. The quantitative estimate of drug-likeness (QED) is 0.695. The number of hydrogen-bond acceptors (Lipinski definition) is 3. The van der Waals surface area contributed by atoms with Crippen molar-refractivity contribution in [2.45, 2.75) is 25.3 Å². The first-order chi connectivity index (χ1) is 6.59. The molecule has 1 aliphatic carbocycles. The van der Waals surface area contributed by atoms with Gasteiger partial charge in [-0.3, -0.25) is 4.79 Å². The van der Waals surface area contributed by atoms with Crippen LogP contribution in [-0.2, 0) is 4.79 Å². The van der Waals surface area contributed by atoms with Crippen LogP contribution in [0.25, 0.3) is 0 Å². The van der Waals surface area contributed by atoms with Gasteiger partial charge in [-0.05, 0) is 12.3 Å². The summed E-state index contributed by atoms with van der Waals surface area (Å²) in [5.41, 5.74) is 0. The monoisotopic (exact) mass is 197 g/mol. The third-order valence-corrected chi connectivity index (χ3v) is 2.62. The molecule has 0 radical (unpaired) electrons. The van der Waals surface area contributed by atoms with Crippen LogP contribution in [0.3, 0.4) is 0 Å². The number of amides is 2. The molecule has 1 fully saturated rings. The van der Waals surface area contributed by atoms with Crippen molar-refractivity contribution in [2.75, 3.05) is 0 Å². The number of carbonyl (C=O) groups excluding carboxylic acids is 1. The highest BCUT2D eigenvalue weighted by molar-refractivity contribution is 6.01. The van der Waals surface area contributed by atoms with Crippen molar-refractivity contribution < 1.29 is 19.8 Å². The molecule has 2 rings (SSSR count). The predicted octanol–water partition coefficient (Wildman–Crippen LogP) is 1.12. The average molecular weight is 197 g/mol. The fourth-order valence-corrected chi connectivity index (χ4v) is 1.70. The number of hydrogen-bond donors (Lipinski definition) is 2. The van der Waals surface area contributed by atoms with Gasteiger partial charge in [-0.25, -0.2) is 9.69 Å². The smallest absolute Gasteiger partial charge is 0.415 e. The molecule has 2 N–H and O–H groups in total. The Kier molecular flexibility index (Phi) is 1.94. The fraction of sp³-hybridized carbons (Fsp3) is 0.556. The van der Waals surface area contributed by atoms with Crippen molar-refractivity contribution in [3.8, 4) is 0 Å². The van der Waals surface area contributed by atoms with Crippen LogP contribution in [0.5, 0.6) is 0 Å². The lowest BCUT2D eigenvalue weighted by atomic mass is 10.1. The van der Waals surface area contributed by atoms with Gasteiger partial charge in [-0.15, -0.1) is 0 Å². The molecule has 0 saturated heterocycles. The maximum absolute atomic E-state index is 11.1. The summed E-state index contributed by atoms with van der Waals surface area (Å²) in [5, 5.41) is 18.2. The first kappa shape index (κ1) is 9.05. The van der Waals surface area contributed by atoms with E-state index in [2.05, 4.69) is 0 Å². The molecule has 0 spiro atoms. The molecule has 2 aliphatic rings. The van der Waals surface area contributed by atoms with E-state index in [-0.39, 0.29) is 5.76 Å². The Bertz CT molecular complexity index is 319. The van der Waals surface area contributed by atoms with Crippen molar-refractivity contribution in [1.29, 1.82) is 0 Å². The second-order valence-corrected chi connectivity index (χ2v) is 3.75. The molecule has 1 atom stereocenters. The molecule has 76 valence electrons. The molecule has 0 unspecified atom stereocenters.